The predicted molar refractivity (Wildman–Crippen MR) is 61.6 cm³/mol. The van der Waals surface area contributed by atoms with E-state index >= 15 is 0 Å². The summed E-state index contributed by atoms with van der Waals surface area (Å²) in [5.74, 6) is 1.12. The van der Waals surface area contributed by atoms with Crippen molar-refractivity contribution in [2.75, 3.05) is 34.4 Å². The van der Waals surface area contributed by atoms with Crippen LogP contribution >= 0.6 is 24.0 Å². The first-order chi connectivity index (χ1) is 5.49. The molecule has 0 aliphatic heterocycles. The van der Waals surface area contributed by atoms with Gasteiger partial charge >= 0.3 is 0 Å². The third-order valence-electron chi connectivity index (χ3n) is 1.36. The van der Waals surface area contributed by atoms with Gasteiger partial charge in [-0.25, -0.2) is 0 Å². The lowest BCUT2D eigenvalue weighted by Crippen LogP contribution is -2.25. The summed E-state index contributed by atoms with van der Waals surface area (Å²) in [7, 11) is 8.03. The molecule has 0 fully saturated rings. The topological polar surface area (TPSA) is 6.48 Å². The van der Waals surface area contributed by atoms with E-state index in [1.165, 1.54) is 0 Å². The zero-order valence-electron chi connectivity index (χ0n) is 8.29. The summed E-state index contributed by atoms with van der Waals surface area (Å²) in [5.41, 5.74) is 0. The monoisotopic (exact) mass is 204 g/mol. The Labute approximate surface area is 84.6 Å². The molecule has 0 amide bonds. The first kappa shape index (κ1) is 11.8. The molecule has 0 spiro atoms. The Bertz CT molecular complexity index is 175. The Kier molecular flexibility index (Phi) is 5.33. The molecule has 12 heavy (non-hydrogen) atoms. The second-order valence-electron chi connectivity index (χ2n) is 2.81. The molecule has 0 aromatic carbocycles. The highest BCUT2D eigenvalue weighted by Crippen LogP contribution is 2.07. The molecular weight excluding hydrogens is 188 g/mol. The first-order valence-electron chi connectivity index (χ1n) is 3.63. The lowest BCUT2D eigenvalue weighted by atomic mass is 10.5. The average Bonchev–Trinajstić information content (AvgIpc) is 1.98. The van der Waals surface area contributed by atoms with Gasteiger partial charge in [-0.1, -0.05) is 12.2 Å². The molecule has 4 heteroatoms. The first-order valence-corrected chi connectivity index (χ1v) is 5.26. The summed E-state index contributed by atoms with van der Waals surface area (Å²) in [6, 6.07) is 0. The van der Waals surface area contributed by atoms with Gasteiger partial charge in [-0.3, -0.25) is 0 Å². The molecule has 0 atom stereocenters. The minimum Gasteiger partial charge on any atom is -0.364 e. The Hall–Kier alpha value is -0.220. The van der Waals surface area contributed by atoms with Crippen LogP contribution in [0.3, 0.4) is 0 Å². The fraction of sp³-hybridized carbons (Fsp3) is 0.625. The summed E-state index contributed by atoms with van der Waals surface area (Å²) >= 11 is 6.69. The van der Waals surface area contributed by atoms with Crippen LogP contribution in [0, 0.1) is 0 Å². The molecule has 0 radical (unpaired) electrons. The molecule has 0 rings (SSSR count). The zero-order valence-corrected chi connectivity index (χ0v) is 9.92. The number of thiocarbonyl (C=S) groups is 1. The third-order valence-corrected chi connectivity index (χ3v) is 2.50. The van der Waals surface area contributed by atoms with E-state index in [0.29, 0.717) is 0 Å². The van der Waals surface area contributed by atoms with Gasteiger partial charge in [0.15, 0.2) is 0 Å². The van der Waals surface area contributed by atoms with Gasteiger partial charge in [-0.15, -0.1) is 11.8 Å². The molecule has 0 unspecified atom stereocenters. The number of hydrogen-bond acceptors (Lipinski definition) is 4. The Balaban J connectivity index is 4.50. The van der Waals surface area contributed by atoms with Crippen molar-refractivity contribution in [3.05, 3.63) is 11.9 Å². The highest BCUT2D eigenvalue weighted by molar-refractivity contribution is 8.23. The molecule has 0 saturated carbocycles. The number of rotatable bonds is 3. The molecule has 0 aromatic heterocycles. The van der Waals surface area contributed by atoms with Crippen molar-refractivity contribution in [2.24, 2.45) is 0 Å². The normalized spacial score (nSPS) is 9.08. The van der Waals surface area contributed by atoms with E-state index in [1.807, 2.05) is 50.3 Å². The lowest BCUT2D eigenvalue weighted by molar-refractivity contribution is 0.344. The minimum absolute atomic E-state index is 0.910. The highest BCUT2D eigenvalue weighted by Gasteiger charge is 2.02. The fourth-order valence-corrected chi connectivity index (χ4v) is 1.15. The van der Waals surface area contributed by atoms with E-state index in [2.05, 4.69) is 0 Å². The summed E-state index contributed by atoms with van der Waals surface area (Å²) in [4.78, 5) is 4.09. The maximum absolute atomic E-state index is 5.10. The van der Waals surface area contributed by atoms with Crippen molar-refractivity contribution in [1.82, 2.24) is 9.80 Å². The number of thioether (sulfide) groups is 1. The van der Waals surface area contributed by atoms with Crippen LogP contribution in [0.2, 0.25) is 0 Å². The van der Waals surface area contributed by atoms with E-state index in [-0.39, 0.29) is 0 Å². The van der Waals surface area contributed by atoms with Crippen LogP contribution in [-0.2, 0) is 0 Å². The summed E-state index contributed by atoms with van der Waals surface area (Å²) in [5, 5.41) is 0. The van der Waals surface area contributed by atoms with Gasteiger partial charge in [0.25, 0.3) is 0 Å². The van der Waals surface area contributed by atoms with Crippen LogP contribution in [0.15, 0.2) is 11.9 Å². The van der Waals surface area contributed by atoms with Gasteiger partial charge in [-0.2, -0.15) is 0 Å². The molecule has 70 valence electrons. The molecule has 0 heterocycles. The maximum Gasteiger partial charge on any atom is 0.105 e. The van der Waals surface area contributed by atoms with Gasteiger partial charge in [0.1, 0.15) is 5.82 Å². The van der Waals surface area contributed by atoms with Gasteiger partial charge < -0.3 is 9.80 Å². The van der Waals surface area contributed by atoms with Crippen molar-refractivity contribution in [2.45, 2.75) is 0 Å². The zero-order chi connectivity index (χ0) is 9.72. The van der Waals surface area contributed by atoms with Crippen LogP contribution < -0.4 is 0 Å². The number of hydrogen-bond donors (Lipinski definition) is 0. The number of nitrogens with zero attached hydrogens (tertiary/aromatic N) is 2. The second kappa shape index (κ2) is 5.43. The lowest BCUT2D eigenvalue weighted by Gasteiger charge is -2.24. The summed E-state index contributed by atoms with van der Waals surface area (Å²) in [6.45, 7) is 0. The Morgan fingerprint density at radius 1 is 1.17 bits per heavy atom. The van der Waals surface area contributed by atoms with Crippen molar-refractivity contribution >= 4 is 28.2 Å². The highest BCUT2D eigenvalue weighted by atomic mass is 32.2. The second-order valence-corrected chi connectivity index (χ2v) is 4.36. The van der Waals surface area contributed by atoms with E-state index < -0.39 is 0 Å². The van der Waals surface area contributed by atoms with Crippen molar-refractivity contribution in [3.63, 3.8) is 0 Å². The quantitative estimate of drug-likeness (QED) is 0.509. The van der Waals surface area contributed by atoms with E-state index in [1.54, 1.807) is 11.8 Å². The van der Waals surface area contributed by atoms with Gasteiger partial charge in [0, 0.05) is 34.3 Å². The van der Waals surface area contributed by atoms with Crippen LogP contribution in [0.4, 0.5) is 0 Å². The van der Waals surface area contributed by atoms with Gasteiger partial charge in [0.05, 0.1) is 4.20 Å². The standard InChI is InChI=1S/C8H16N2S2/c1-9(2)7(10(3)4)6-8(11)12-5/h6H,1-5H3. The largest absolute Gasteiger partial charge is 0.364 e. The predicted octanol–water partition coefficient (Wildman–Crippen LogP) is 1.64. The summed E-state index contributed by atoms with van der Waals surface area (Å²) < 4.78 is 0.910. The molecular formula is C8H16N2S2. The molecule has 0 aliphatic rings. The van der Waals surface area contributed by atoms with E-state index in [9.17, 15) is 0 Å². The van der Waals surface area contributed by atoms with E-state index in [0.717, 1.165) is 10.0 Å². The third kappa shape index (κ3) is 3.97. The van der Waals surface area contributed by atoms with Crippen molar-refractivity contribution in [1.29, 1.82) is 0 Å². The Morgan fingerprint density at radius 2 is 1.58 bits per heavy atom. The molecule has 0 aliphatic carbocycles. The van der Waals surface area contributed by atoms with Crippen LogP contribution in [-0.4, -0.2) is 48.4 Å². The SMILES string of the molecule is CSC(=S)C=C(N(C)C)N(C)C. The smallest absolute Gasteiger partial charge is 0.105 e. The molecule has 0 bridgehead atoms. The van der Waals surface area contributed by atoms with Gasteiger partial charge in [0.2, 0.25) is 0 Å². The maximum atomic E-state index is 5.10. The minimum atomic E-state index is 0.910. The molecule has 0 N–H and O–H groups in total. The van der Waals surface area contributed by atoms with Gasteiger partial charge in [-0.05, 0) is 6.26 Å². The average molecular weight is 204 g/mol. The van der Waals surface area contributed by atoms with Crippen molar-refractivity contribution in [3.8, 4) is 0 Å². The van der Waals surface area contributed by atoms with Crippen molar-refractivity contribution < 1.29 is 0 Å². The molecule has 0 aromatic rings. The fourth-order valence-electron chi connectivity index (χ4n) is 0.823. The van der Waals surface area contributed by atoms with Crippen LogP contribution in [0.25, 0.3) is 0 Å². The van der Waals surface area contributed by atoms with Crippen LogP contribution in [0.1, 0.15) is 0 Å². The summed E-state index contributed by atoms with van der Waals surface area (Å²) in [6.07, 6.45) is 3.99. The Morgan fingerprint density at radius 3 is 1.83 bits per heavy atom. The van der Waals surface area contributed by atoms with E-state index in [4.69, 9.17) is 12.2 Å². The molecule has 0 saturated heterocycles. The molecule has 2 nitrogen and oxygen atoms in total. The van der Waals surface area contributed by atoms with Crippen LogP contribution in [0.5, 0.6) is 0 Å².